The zero-order chi connectivity index (χ0) is 23.9. The number of rotatable bonds is 9. The smallest absolute Gasteiger partial charge is 0.329 e. The van der Waals surface area contributed by atoms with Crippen molar-refractivity contribution >= 4 is 11.8 Å². The van der Waals surface area contributed by atoms with Crippen LogP contribution in [0.4, 0.5) is 10.2 Å². The predicted octanol–water partition coefficient (Wildman–Crippen LogP) is 5.36. The summed E-state index contributed by atoms with van der Waals surface area (Å²) in [5.74, 6) is 1.21. The molecule has 0 aliphatic heterocycles. The van der Waals surface area contributed by atoms with Gasteiger partial charge in [-0.15, -0.1) is 0 Å². The number of benzene rings is 2. The van der Waals surface area contributed by atoms with Gasteiger partial charge in [0, 0.05) is 18.4 Å². The van der Waals surface area contributed by atoms with Gasteiger partial charge in [-0.25, -0.2) is 19.2 Å². The molecule has 0 radical (unpaired) electrons. The van der Waals surface area contributed by atoms with E-state index in [1.54, 1.807) is 25.3 Å². The zero-order valence-electron chi connectivity index (χ0n) is 19.1. The molecule has 6 nitrogen and oxygen atoms in total. The molecule has 0 fully saturated rings. The lowest BCUT2D eigenvalue weighted by atomic mass is 10.1. The molecule has 4 aromatic rings. The summed E-state index contributed by atoms with van der Waals surface area (Å²) in [6.45, 7) is 3.89. The number of aromatic nitrogens is 2. The van der Waals surface area contributed by atoms with E-state index in [9.17, 15) is 9.18 Å². The van der Waals surface area contributed by atoms with Crippen molar-refractivity contribution in [3.05, 3.63) is 102 Å². The van der Waals surface area contributed by atoms with Gasteiger partial charge in [-0.05, 0) is 55.8 Å². The van der Waals surface area contributed by atoms with Crippen LogP contribution in [0.25, 0.3) is 11.3 Å². The summed E-state index contributed by atoms with van der Waals surface area (Å²) < 4.78 is 24.4. The average Bonchev–Trinajstić information content (AvgIpc) is 3.25. The number of carbonyl (C=O) groups is 1. The average molecular weight is 460 g/mol. The Balaban J connectivity index is 1.68. The van der Waals surface area contributed by atoms with Crippen LogP contribution in [0.3, 0.4) is 0 Å². The van der Waals surface area contributed by atoms with Gasteiger partial charge in [0.2, 0.25) is 0 Å². The Labute approximate surface area is 197 Å². The molecule has 7 heteroatoms. The van der Waals surface area contributed by atoms with Crippen molar-refractivity contribution in [3.63, 3.8) is 0 Å². The first-order valence-corrected chi connectivity index (χ1v) is 11.2. The second-order valence-electron chi connectivity index (χ2n) is 7.89. The molecule has 2 aromatic carbocycles. The Hall–Kier alpha value is -4.00. The number of nitrogens with zero attached hydrogens (tertiary/aromatic N) is 2. The van der Waals surface area contributed by atoms with Gasteiger partial charge in [-0.3, -0.25) is 0 Å². The van der Waals surface area contributed by atoms with Crippen molar-refractivity contribution < 1.29 is 18.3 Å². The lowest BCUT2D eigenvalue weighted by Gasteiger charge is -2.19. The third kappa shape index (κ3) is 5.86. The van der Waals surface area contributed by atoms with Gasteiger partial charge in [0.05, 0.1) is 24.2 Å². The van der Waals surface area contributed by atoms with Gasteiger partial charge >= 0.3 is 5.97 Å². The SMILES string of the molecule is CCOC(=O)C(Cc1ccc(C)o1)Nc1ncc(-c2ccc(F)cc2)nc1Cc1ccccc1. The molecular weight excluding hydrogens is 433 g/mol. The second kappa shape index (κ2) is 10.7. The number of anilines is 1. The lowest BCUT2D eigenvalue weighted by molar-refractivity contribution is -0.144. The van der Waals surface area contributed by atoms with E-state index in [4.69, 9.17) is 14.1 Å². The zero-order valence-corrected chi connectivity index (χ0v) is 19.1. The monoisotopic (exact) mass is 459 g/mol. The van der Waals surface area contributed by atoms with Crippen molar-refractivity contribution in [3.8, 4) is 11.3 Å². The largest absolute Gasteiger partial charge is 0.466 e. The first-order valence-electron chi connectivity index (χ1n) is 11.2. The summed E-state index contributed by atoms with van der Waals surface area (Å²) >= 11 is 0. The molecule has 174 valence electrons. The highest BCUT2D eigenvalue weighted by Crippen LogP contribution is 2.23. The molecule has 0 amide bonds. The lowest BCUT2D eigenvalue weighted by Crippen LogP contribution is -2.34. The van der Waals surface area contributed by atoms with Gasteiger partial charge in [-0.2, -0.15) is 0 Å². The summed E-state index contributed by atoms with van der Waals surface area (Å²) in [7, 11) is 0. The maximum Gasteiger partial charge on any atom is 0.329 e. The Morgan fingerprint density at radius 2 is 1.85 bits per heavy atom. The molecule has 1 atom stereocenters. The van der Waals surface area contributed by atoms with E-state index < -0.39 is 12.0 Å². The fourth-order valence-electron chi connectivity index (χ4n) is 3.62. The number of hydrogen-bond donors (Lipinski definition) is 1. The Morgan fingerprint density at radius 3 is 2.53 bits per heavy atom. The number of carbonyl (C=O) groups excluding carboxylic acids is 1. The van der Waals surface area contributed by atoms with E-state index in [1.807, 2.05) is 49.4 Å². The van der Waals surface area contributed by atoms with Crippen molar-refractivity contribution in [2.45, 2.75) is 32.7 Å². The van der Waals surface area contributed by atoms with Crippen LogP contribution in [0.15, 0.2) is 77.3 Å². The van der Waals surface area contributed by atoms with Crippen molar-refractivity contribution in [2.75, 3.05) is 11.9 Å². The number of esters is 1. The molecule has 1 N–H and O–H groups in total. The number of halogens is 1. The van der Waals surface area contributed by atoms with Crippen LogP contribution in [0.1, 0.15) is 29.7 Å². The molecule has 0 aliphatic rings. The Kier molecular flexibility index (Phi) is 7.32. The first-order chi connectivity index (χ1) is 16.5. The highest BCUT2D eigenvalue weighted by molar-refractivity contribution is 5.79. The molecule has 2 heterocycles. The van der Waals surface area contributed by atoms with E-state index in [0.29, 0.717) is 35.8 Å². The standard InChI is InChI=1S/C27H26FN3O3/c1-3-33-27(32)24(16-22-14-9-18(2)34-22)31-26-23(15-19-7-5-4-6-8-19)30-25(17-29-26)20-10-12-21(28)13-11-20/h4-14,17,24H,3,15-16H2,1-2H3,(H,29,31). The highest BCUT2D eigenvalue weighted by atomic mass is 19.1. The number of nitrogens with one attached hydrogen (secondary N) is 1. The minimum atomic E-state index is -0.703. The molecule has 0 saturated carbocycles. The van der Waals surface area contributed by atoms with Gasteiger partial charge in [-0.1, -0.05) is 30.3 Å². The Morgan fingerprint density at radius 1 is 1.09 bits per heavy atom. The first kappa shape index (κ1) is 23.2. The summed E-state index contributed by atoms with van der Waals surface area (Å²) in [5.41, 5.74) is 3.08. The van der Waals surface area contributed by atoms with Gasteiger partial charge in [0.15, 0.2) is 0 Å². The maximum atomic E-state index is 13.4. The number of hydrogen-bond acceptors (Lipinski definition) is 6. The van der Waals surface area contributed by atoms with Crippen LogP contribution < -0.4 is 5.32 Å². The molecule has 4 rings (SSSR count). The number of furan rings is 1. The Bertz CT molecular complexity index is 1240. The van der Waals surface area contributed by atoms with E-state index in [2.05, 4.69) is 10.3 Å². The molecule has 34 heavy (non-hydrogen) atoms. The van der Waals surface area contributed by atoms with E-state index in [-0.39, 0.29) is 12.4 Å². The van der Waals surface area contributed by atoms with Crippen molar-refractivity contribution in [2.24, 2.45) is 0 Å². The van der Waals surface area contributed by atoms with Crippen LogP contribution in [-0.2, 0) is 22.4 Å². The quantitative estimate of drug-likeness (QED) is 0.340. The second-order valence-corrected chi connectivity index (χ2v) is 7.89. The third-order valence-electron chi connectivity index (χ3n) is 5.28. The molecule has 1 unspecified atom stereocenters. The van der Waals surface area contributed by atoms with Crippen LogP contribution >= 0.6 is 0 Å². The van der Waals surface area contributed by atoms with Crippen LogP contribution in [0.2, 0.25) is 0 Å². The van der Waals surface area contributed by atoms with Gasteiger partial charge in [0.1, 0.15) is 29.2 Å². The number of ether oxygens (including phenoxy) is 1. The van der Waals surface area contributed by atoms with Crippen LogP contribution in [0.5, 0.6) is 0 Å². The minimum Gasteiger partial charge on any atom is -0.466 e. The summed E-state index contributed by atoms with van der Waals surface area (Å²) in [5, 5.41) is 3.23. The molecule has 2 aromatic heterocycles. The molecule has 0 saturated heterocycles. The normalized spacial score (nSPS) is 11.7. The summed E-state index contributed by atoms with van der Waals surface area (Å²) in [6.07, 6.45) is 2.42. The van der Waals surface area contributed by atoms with Gasteiger partial charge in [0.25, 0.3) is 0 Å². The van der Waals surface area contributed by atoms with Crippen LogP contribution in [0, 0.1) is 12.7 Å². The third-order valence-corrected chi connectivity index (χ3v) is 5.28. The summed E-state index contributed by atoms with van der Waals surface area (Å²) in [4.78, 5) is 22.2. The van der Waals surface area contributed by atoms with E-state index >= 15 is 0 Å². The van der Waals surface area contributed by atoms with Crippen LogP contribution in [-0.4, -0.2) is 28.6 Å². The highest BCUT2D eigenvalue weighted by Gasteiger charge is 2.24. The molecule has 0 bridgehead atoms. The molecular formula is C27H26FN3O3. The van der Waals surface area contributed by atoms with Crippen molar-refractivity contribution in [1.29, 1.82) is 0 Å². The minimum absolute atomic E-state index is 0.264. The molecule has 0 aliphatic carbocycles. The van der Waals surface area contributed by atoms with E-state index in [0.717, 1.165) is 16.9 Å². The number of aryl methyl sites for hydroxylation is 1. The van der Waals surface area contributed by atoms with Crippen molar-refractivity contribution in [1.82, 2.24) is 9.97 Å². The van der Waals surface area contributed by atoms with E-state index in [1.165, 1.54) is 12.1 Å². The molecule has 0 spiro atoms. The summed E-state index contributed by atoms with van der Waals surface area (Å²) in [6, 6.07) is 19.0. The van der Waals surface area contributed by atoms with Gasteiger partial charge < -0.3 is 14.5 Å². The topological polar surface area (TPSA) is 77.2 Å². The predicted molar refractivity (Wildman–Crippen MR) is 128 cm³/mol. The fourth-order valence-corrected chi connectivity index (χ4v) is 3.62. The maximum absolute atomic E-state index is 13.4. The fraction of sp³-hybridized carbons (Fsp3) is 0.222.